The lowest BCUT2D eigenvalue weighted by molar-refractivity contribution is -0.252. The lowest BCUT2D eigenvalue weighted by Gasteiger charge is -2.31. The van der Waals surface area contributed by atoms with Crippen LogP contribution >= 0.6 is 0 Å². The summed E-state index contributed by atoms with van der Waals surface area (Å²) >= 11 is 0. The van der Waals surface area contributed by atoms with Gasteiger partial charge in [-0.2, -0.15) is 0 Å². The monoisotopic (exact) mass is 250 g/mol. The smallest absolute Gasteiger partial charge is 0.320 e. The minimum Gasteiger partial charge on any atom is -0.420 e. The van der Waals surface area contributed by atoms with E-state index in [1.54, 1.807) is 0 Å². The molecule has 0 aliphatic carbocycles. The van der Waals surface area contributed by atoms with Crippen LogP contribution in [0.15, 0.2) is 30.3 Å². The van der Waals surface area contributed by atoms with Gasteiger partial charge in [-0.3, -0.25) is 9.59 Å². The highest BCUT2D eigenvalue weighted by Gasteiger charge is 2.39. The molecule has 1 fully saturated rings. The summed E-state index contributed by atoms with van der Waals surface area (Å²) in [6.45, 7) is 1.89. The number of hydrogen-bond acceptors (Lipinski definition) is 5. The molecule has 1 aromatic carbocycles. The van der Waals surface area contributed by atoms with Crippen LogP contribution in [0.4, 0.5) is 0 Å². The van der Waals surface area contributed by atoms with Gasteiger partial charge in [0.2, 0.25) is 0 Å². The Balaban J connectivity index is 1.85. The first kappa shape index (κ1) is 12.6. The molecule has 0 radical (unpaired) electrons. The topological polar surface area (TPSA) is 61.8 Å². The number of cyclic esters (lactones) is 2. The van der Waals surface area contributed by atoms with Gasteiger partial charge in [-0.15, -0.1) is 0 Å². The van der Waals surface area contributed by atoms with E-state index in [-0.39, 0.29) is 13.0 Å². The van der Waals surface area contributed by atoms with E-state index in [1.165, 1.54) is 6.92 Å². The number of benzene rings is 1. The SMILES string of the molecule is CC1(COCc2ccccc2)OC(=O)CC(=O)O1. The van der Waals surface area contributed by atoms with Crippen LogP contribution in [0.3, 0.4) is 0 Å². The van der Waals surface area contributed by atoms with Gasteiger partial charge in [0, 0.05) is 6.92 Å². The molecule has 0 N–H and O–H groups in total. The Hall–Kier alpha value is -1.88. The second kappa shape index (κ2) is 5.18. The Morgan fingerprint density at radius 2 is 1.78 bits per heavy atom. The van der Waals surface area contributed by atoms with E-state index in [0.717, 1.165) is 5.56 Å². The molecule has 0 atom stereocenters. The van der Waals surface area contributed by atoms with E-state index >= 15 is 0 Å². The molecule has 0 aromatic heterocycles. The van der Waals surface area contributed by atoms with Crippen LogP contribution in [0.5, 0.6) is 0 Å². The molecule has 96 valence electrons. The van der Waals surface area contributed by atoms with E-state index in [0.29, 0.717) is 6.61 Å². The molecule has 0 unspecified atom stereocenters. The molecule has 0 amide bonds. The van der Waals surface area contributed by atoms with Gasteiger partial charge in [0.1, 0.15) is 13.0 Å². The van der Waals surface area contributed by atoms with Gasteiger partial charge in [-0.25, -0.2) is 0 Å². The minimum atomic E-state index is -1.32. The second-order valence-corrected chi connectivity index (χ2v) is 4.24. The number of rotatable bonds is 4. The predicted molar refractivity (Wildman–Crippen MR) is 61.3 cm³/mol. The summed E-state index contributed by atoms with van der Waals surface area (Å²) in [5.74, 6) is -2.49. The van der Waals surface area contributed by atoms with Crippen molar-refractivity contribution < 1.29 is 23.8 Å². The van der Waals surface area contributed by atoms with Crippen LogP contribution in [0.25, 0.3) is 0 Å². The molecule has 5 nitrogen and oxygen atoms in total. The number of ether oxygens (including phenoxy) is 3. The van der Waals surface area contributed by atoms with Crippen molar-refractivity contribution in [3.63, 3.8) is 0 Å². The molecule has 18 heavy (non-hydrogen) atoms. The quantitative estimate of drug-likeness (QED) is 0.597. The summed E-state index contributed by atoms with van der Waals surface area (Å²) in [4.78, 5) is 22.3. The first-order valence-electron chi connectivity index (χ1n) is 5.63. The molecule has 1 aliphatic heterocycles. The van der Waals surface area contributed by atoms with Crippen LogP contribution in [-0.2, 0) is 30.4 Å². The van der Waals surface area contributed by atoms with Gasteiger partial charge in [-0.05, 0) is 5.56 Å². The molecule has 1 heterocycles. The molecular formula is C13H14O5. The van der Waals surface area contributed by atoms with E-state index in [2.05, 4.69) is 0 Å². The lowest BCUT2D eigenvalue weighted by atomic mass is 10.2. The van der Waals surface area contributed by atoms with Crippen LogP contribution in [-0.4, -0.2) is 24.3 Å². The highest BCUT2D eigenvalue weighted by molar-refractivity contribution is 5.93. The van der Waals surface area contributed by atoms with E-state index in [4.69, 9.17) is 14.2 Å². The van der Waals surface area contributed by atoms with Crippen molar-refractivity contribution in [3.05, 3.63) is 35.9 Å². The van der Waals surface area contributed by atoms with E-state index in [1.807, 2.05) is 30.3 Å². The molecular weight excluding hydrogens is 236 g/mol. The summed E-state index contributed by atoms with van der Waals surface area (Å²) in [5.41, 5.74) is 0.995. The van der Waals surface area contributed by atoms with Gasteiger partial charge < -0.3 is 14.2 Å². The van der Waals surface area contributed by atoms with Crippen molar-refractivity contribution in [3.8, 4) is 0 Å². The number of carbonyl (C=O) groups excluding carboxylic acids is 2. The molecule has 0 saturated carbocycles. The van der Waals surface area contributed by atoms with Gasteiger partial charge >= 0.3 is 11.9 Å². The van der Waals surface area contributed by atoms with E-state index < -0.39 is 17.7 Å². The van der Waals surface area contributed by atoms with Crippen LogP contribution in [0.2, 0.25) is 0 Å². The Morgan fingerprint density at radius 3 is 2.39 bits per heavy atom. The molecule has 5 heteroatoms. The average molecular weight is 250 g/mol. The lowest BCUT2D eigenvalue weighted by Crippen LogP contribution is -2.46. The first-order valence-corrected chi connectivity index (χ1v) is 5.63. The standard InChI is InChI=1S/C13H14O5/c1-13(17-11(14)7-12(15)18-13)9-16-8-10-5-3-2-4-6-10/h2-6H,7-9H2,1H3. The third kappa shape index (κ3) is 3.30. The van der Waals surface area contributed by atoms with Crippen LogP contribution in [0, 0.1) is 0 Å². The number of carbonyl (C=O) groups is 2. The van der Waals surface area contributed by atoms with Crippen molar-refractivity contribution >= 4 is 11.9 Å². The molecule has 1 aliphatic rings. The van der Waals surface area contributed by atoms with Crippen LogP contribution in [0.1, 0.15) is 18.9 Å². The van der Waals surface area contributed by atoms with Crippen molar-refractivity contribution in [1.82, 2.24) is 0 Å². The summed E-state index contributed by atoms with van der Waals surface area (Å²) in [6, 6.07) is 9.56. The van der Waals surface area contributed by atoms with Crippen LogP contribution < -0.4 is 0 Å². The zero-order chi connectivity index (χ0) is 13.0. The molecule has 1 aromatic rings. The fraction of sp³-hybridized carbons (Fsp3) is 0.385. The van der Waals surface area contributed by atoms with Crippen molar-refractivity contribution in [1.29, 1.82) is 0 Å². The highest BCUT2D eigenvalue weighted by atomic mass is 16.8. The molecule has 2 rings (SSSR count). The summed E-state index contributed by atoms with van der Waals surface area (Å²) in [6.07, 6.45) is -0.339. The zero-order valence-electron chi connectivity index (χ0n) is 10.0. The highest BCUT2D eigenvalue weighted by Crippen LogP contribution is 2.20. The molecule has 1 saturated heterocycles. The summed E-state index contributed by atoms with van der Waals surface area (Å²) in [5, 5.41) is 0. The third-order valence-corrected chi connectivity index (χ3v) is 2.42. The van der Waals surface area contributed by atoms with Gasteiger partial charge in [0.05, 0.1) is 6.61 Å². The largest absolute Gasteiger partial charge is 0.420 e. The minimum absolute atomic E-state index is 0.0133. The van der Waals surface area contributed by atoms with E-state index in [9.17, 15) is 9.59 Å². The van der Waals surface area contributed by atoms with Crippen molar-refractivity contribution in [2.75, 3.05) is 6.61 Å². The normalized spacial score (nSPS) is 18.1. The summed E-state index contributed by atoms with van der Waals surface area (Å²) in [7, 11) is 0. The first-order chi connectivity index (χ1) is 8.57. The number of esters is 2. The maximum absolute atomic E-state index is 11.1. The third-order valence-electron chi connectivity index (χ3n) is 2.42. The zero-order valence-corrected chi connectivity index (χ0v) is 10.0. The fourth-order valence-electron chi connectivity index (χ4n) is 1.68. The predicted octanol–water partition coefficient (Wildman–Crippen LogP) is 1.41. The fourth-order valence-corrected chi connectivity index (χ4v) is 1.68. The van der Waals surface area contributed by atoms with Gasteiger partial charge in [0.25, 0.3) is 5.79 Å². The maximum Gasteiger partial charge on any atom is 0.320 e. The Morgan fingerprint density at radius 1 is 1.17 bits per heavy atom. The average Bonchev–Trinajstić information content (AvgIpc) is 2.28. The number of hydrogen-bond donors (Lipinski definition) is 0. The Bertz CT molecular complexity index is 424. The molecule has 0 spiro atoms. The van der Waals surface area contributed by atoms with Gasteiger partial charge in [0.15, 0.2) is 0 Å². The van der Waals surface area contributed by atoms with Crippen molar-refractivity contribution in [2.45, 2.75) is 25.7 Å². The Labute approximate surface area is 105 Å². The Kier molecular flexibility index (Phi) is 3.62. The maximum atomic E-state index is 11.1. The summed E-state index contributed by atoms with van der Waals surface area (Å²) < 4.78 is 15.4. The van der Waals surface area contributed by atoms with Gasteiger partial charge in [-0.1, -0.05) is 30.3 Å². The molecule has 0 bridgehead atoms. The second-order valence-electron chi connectivity index (χ2n) is 4.24. The van der Waals surface area contributed by atoms with Crippen molar-refractivity contribution in [2.24, 2.45) is 0 Å².